The molecule has 2 aliphatic rings. The number of fused-ring (bicyclic) bond motifs is 2. The first-order valence-corrected chi connectivity index (χ1v) is 8.14. The van der Waals surface area contributed by atoms with E-state index in [1.165, 1.54) is 24.8 Å². The van der Waals surface area contributed by atoms with Crippen molar-refractivity contribution in [2.75, 3.05) is 0 Å². The smallest absolute Gasteiger partial charge is 0.0991 e. The van der Waals surface area contributed by atoms with Crippen molar-refractivity contribution in [2.24, 2.45) is 16.7 Å². The fourth-order valence-corrected chi connectivity index (χ4v) is 4.73. The lowest BCUT2D eigenvalue weighted by Gasteiger charge is -2.40. The van der Waals surface area contributed by atoms with E-state index in [0.717, 1.165) is 11.5 Å². The standard InChI is InChI=1S/C19H26N2/c1-13(15-7-5-6-14(10-15)12-20)21-17-11-16-8-9-19(17,4)18(16,2)3/h5-7,10,13,16-17,21H,8-9,11H2,1-4H3. The molecule has 2 nitrogen and oxygen atoms in total. The van der Waals surface area contributed by atoms with Crippen molar-refractivity contribution in [1.82, 2.24) is 5.32 Å². The Kier molecular flexibility index (Phi) is 3.37. The monoisotopic (exact) mass is 282 g/mol. The molecule has 1 aromatic rings. The normalized spacial score (nSPS) is 34.6. The van der Waals surface area contributed by atoms with E-state index in [1.807, 2.05) is 18.2 Å². The number of nitriles is 1. The summed E-state index contributed by atoms with van der Waals surface area (Å²) in [6, 6.07) is 11.1. The van der Waals surface area contributed by atoms with Gasteiger partial charge in [-0.15, -0.1) is 0 Å². The molecule has 2 saturated carbocycles. The lowest BCUT2D eigenvalue weighted by Crippen LogP contribution is -2.45. The molecule has 4 unspecified atom stereocenters. The maximum atomic E-state index is 9.05. The lowest BCUT2D eigenvalue weighted by atomic mass is 9.69. The molecule has 2 fully saturated rings. The van der Waals surface area contributed by atoms with E-state index in [9.17, 15) is 0 Å². The predicted molar refractivity (Wildman–Crippen MR) is 85.7 cm³/mol. The zero-order valence-electron chi connectivity index (χ0n) is 13.6. The Morgan fingerprint density at radius 3 is 2.67 bits per heavy atom. The Labute approximate surface area is 128 Å². The third-order valence-electron chi connectivity index (χ3n) is 6.76. The first kappa shape index (κ1) is 14.6. The van der Waals surface area contributed by atoms with Crippen LogP contribution in [0.3, 0.4) is 0 Å². The van der Waals surface area contributed by atoms with E-state index in [4.69, 9.17) is 5.26 Å². The summed E-state index contributed by atoms with van der Waals surface area (Å²) in [6.45, 7) is 9.59. The summed E-state index contributed by atoms with van der Waals surface area (Å²) in [5, 5.41) is 12.9. The van der Waals surface area contributed by atoms with Crippen molar-refractivity contribution in [2.45, 2.75) is 59.0 Å². The van der Waals surface area contributed by atoms with Gasteiger partial charge in [0.1, 0.15) is 0 Å². The van der Waals surface area contributed by atoms with Crippen LogP contribution in [0.4, 0.5) is 0 Å². The van der Waals surface area contributed by atoms with Gasteiger partial charge in [-0.3, -0.25) is 0 Å². The molecule has 0 saturated heterocycles. The third-order valence-corrected chi connectivity index (χ3v) is 6.76. The van der Waals surface area contributed by atoms with Gasteiger partial charge in [-0.25, -0.2) is 0 Å². The maximum absolute atomic E-state index is 9.05. The van der Waals surface area contributed by atoms with E-state index in [0.29, 0.717) is 22.9 Å². The van der Waals surface area contributed by atoms with E-state index in [2.05, 4.69) is 45.1 Å². The van der Waals surface area contributed by atoms with Gasteiger partial charge in [0.25, 0.3) is 0 Å². The van der Waals surface area contributed by atoms with Crippen molar-refractivity contribution in [3.05, 3.63) is 35.4 Å². The van der Waals surface area contributed by atoms with Gasteiger partial charge in [0.15, 0.2) is 0 Å². The summed E-state index contributed by atoms with van der Waals surface area (Å²) >= 11 is 0. The molecule has 1 aromatic carbocycles. The van der Waals surface area contributed by atoms with Gasteiger partial charge in [0, 0.05) is 12.1 Å². The number of hydrogen-bond donors (Lipinski definition) is 1. The summed E-state index contributed by atoms with van der Waals surface area (Å²) in [7, 11) is 0. The van der Waals surface area contributed by atoms with Crippen LogP contribution >= 0.6 is 0 Å². The van der Waals surface area contributed by atoms with Gasteiger partial charge >= 0.3 is 0 Å². The van der Waals surface area contributed by atoms with E-state index < -0.39 is 0 Å². The van der Waals surface area contributed by atoms with Crippen LogP contribution in [0.2, 0.25) is 0 Å². The number of hydrogen-bond acceptors (Lipinski definition) is 2. The highest BCUT2D eigenvalue weighted by Crippen LogP contribution is 2.65. The molecular weight excluding hydrogens is 256 g/mol. The molecule has 4 atom stereocenters. The van der Waals surface area contributed by atoms with Gasteiger partial charge in [0.2, 0.25) is 0 Å². The van der Waals surface area contributed by atoms with Crippen LogP contribution < -0.4 is 5.32 Å². The van der Waals surface area contributed by atoms with Crippen LogP contribution in [-0.4, -0.2) is 6.04 Å². The van der Waals surface area contributed by atoms with Gasteiger partial charge in [-0.05, 0) is 60.6 Å². The first-order valence-electron chi connectivity index (χ1n) is 8.14. The maximum Gasteiger partial charge on any atom is 0.0991 e. The second-order valence-corrected chi connectivity index (χ2v) is 7.79. The Bertz CT molecular complexity index is 583. The van der Waals surface area contributed by atoms with Crippen LogP contribution in [0.5, 0.6) is 0 Å². The Morgan fingerprint density at radius 1 is 1.33 bits per heavy atom. The predicted octanol–water partition coefficient (Wildman–Crippen LogP) is 4.42. The molecule has 2 aliphatic carbocycles. The van der Waals surface area contributed by atoms with Crippen molar-refractivity contribution in [1.29, 1.82) is 5.26 Å². The molecular formula is C19H26N2. The molecule has 0 heterocycles. The molecule has 1 N–H and O–H groups in total. The highest BCUT2D eigenvalue weighted by Gasteiger charge is 2.61. The number of rotatable bonds is 3. The summed E-state index contributed by atoms with van der Waals surface area (Å²) in [4.78, 5) is 0. The van der Waals surface area contributed by atoms with Crippen molar-refractivity contribution < 1.29 is 0 Å². The summed E-state index contributed by atoms with van der Waals surface area (Å²) < 4.78 is 0. The second-order valence-electron chi connectivity index (χ2n) is 7.79. The molecule has 2 heteroatoms. The minimum atomic E-state index is 0.301. The van der Waals surface area contributed by atoms with Crippen LogP contribution in [0.25, 0.3) is 0 Å². The Balaban J connectivity index is 1.77. The van der Waals surface area contributed by atoms with Gasteiger partial charge < -0.3 is 5.32 Å². The van der Waals surface area contributed by atoms with Gasteiger partial charge in [-0.1, -0.05) is 32.9 Å². The molecule has 3 rings (SSSR count). The fourth-order valence-electron chi connectivity index (χ4n) is 4.73. The molecule has 2 bridgehead atoms. The second kappa shape index (κ2) is 4.85. The molecule has 0 amide bonds. The zero-order valence-corrected chi connectivity index (χ0v) is 13.6. The molecule has 0 radical (unpaired) electrons. The number of nitrogens with one attached hydrogen (secondary N) is 1. The number of benzene rings is 1. The van der Waals surface area contributed by atoms with Crippen molar-refractivity contribution >= 4 is 0 Å². The summed E-state index contributed by atoms with van der Waals surface area (Å²) in [5.41, 5.74) is 2.82. The molecule has 0 aromatic heterocycles. The molecule has 21 heavy (non-hydrogen) atoms. The van der Waals surface area contributed by atoms with Crippen molar-refractivity contribution in [3.63, 3.8) is 0 Å². The summed E-state index contributed by atoms with van der Waals surface area (Å²) in [6.07, 6.45) is 4.03. The highest BCUT2D eigenvalue weighted by atomic mass is 15.0. The van der Waals surface area contributed by atoms with Crippen LogP contribution in [0, 0.1) is 28.1 Å². The highest BCUT2D eigenvalue weighted by molar-refractivity contribution is 5.34. The average Bonchev–Trinajstić information content (AvgIpc) is 2.80. The fraction of sp³-hybridized carbons (Fsp3) is 0.632. The van der Waals surface area contributed by atoms with Crippen LogP contribution in [0.1, 0.15) is 64.1 Å². The molecule has 112 valence electrons. The minimum absolute atomic E-state index is 0.301. The van der Waals surface area contributed by atoms with Gasteiger partial charge in [0.05, 0.1) is 11.6 Å². The Morgan fingerprint density at radius 2 is 2.10 bits per heavy atom. The van der Waals surface area contributed by atoms with Gasteiger partial charge in [-0.2, -0.15) is 5.26 Å². The molecule has 0 aliphatic heterocycles. The van der Waals surface area contributed by atoms with Crippen LogP contribution in [-0.2, 0) is 0 Å². The van der Waals surface area contributed by atoms with E-state index >= 15 is 0 Å². The molecule has 0 spiro atoms. The topological polar surface area (TPSA) is 35.8 Å². The third kappa shape index (κ3) is 2.10. The van der Waals surface area contributed by atoms with E-state index in [-0.39, 0.29) is 0 Å². The summed E-state index contributed by atoms with van der Waals surface area (Å²) in [5.74, 6) is 0.859. The number of nitrogens with zero attached hydrogens (tertiary/aromatic N) is 1. The first-order chi connectivity index (χ1) is 9.88. The Hall–Kier alpha value is -1.33. The van der Waals surface area contributed by atoms with Crippen LogP contribution in [0.15, 0.2) is 24.3 Å². The van der Waals surface area contributed by atoms with E-state index in [1.54, 1.807) is 0 Å². The van der Waals surface area contributed by atoms with Crippen molar-refractivity contribution in [3.8, 4) is 6.07 Å². The SMILES string of the molecule is CC(NC1CC2CCC1(C)C2(C)C)c1cccc(C#N)c1. The lowest BCUT2D eigenvalue weighted by molar-refractivity contribution is 0.116. The quantitative estimate of drug-likeness (QED) is 0.890. The zero-order chi connectivity index (χ0) is 15.3. The largest absolute Gasteiger partial charge is 0.307 e. The average molecular weight is 282 g/mol. The minimum Gasteiger partial charge on any atom is -0.307 e.